The standard InChI is InChI=1S/C28H28N3O/c29-24-13-11-19(12-14-24)15-23(16-20-5-3-8-25(30)17-20)26-9-4-7-22(28(26)32)18-21-6-1-2-10-27(21)31/h1-14,17,32H,15-16,18,29-31H2. The molecule has 4 aromatic carbocycles. The van der Waals surface area contributed by atoms with E-state index in [1.807, 2.05) is 84.9 Å². The summed E-state index contributed by atoms with van der Waals surface area (Å²) < 4.78 is 0. The molecule has 0 spiro atoms. The molecule has 1 radical (unpaired) electrons. The molecule has 0 aromatic heterocycles. The minimum Gasteiger partial charge on any atom is -0.507 e. The average Bonchev–Trinajstić information content (AvgIpc) is 2.78. The van der Waals surface area contributed by atoms with Crippen LogP contribution in [0.3, 0.4) is 0 Å². The average molecular weight is 423 g/mol. The van der Waals surface area contributed by atoms with Gasteiger partial charge in [-0.15, -0.1) is 0 Å². The third-order valence-electron chi connectivity index (χ3n) is 5.70. The Labute approximate surface area is 189 Å². The summed E-state index contributed by atoms with van der Waals surface area (Å²) in [6.07, 6.45) is 1.94. The highest BCUT2D eigenvalue weighted by atomic mass is 16.3. The summed E-state index contributed by atoms with van der Waals surface area (Å²) >= 11 is 0. The number of rotatable bonds is 7. The van der Waals surface area contributed by atoms with E-state index in [4.69, 9.17) is 17.2 Å². The Kier molecular flexibility index (Phi) is 6.31. The second-order valence-corrected chi connectivity index (χ2v) is 8.13. The quantitative estimate of drug-likeness (QED) is 0.310. The predicted octanol–water partition coefficient (Wildman–Crippen LogP) is 5.14. The maximum atomic E-state index is 11.3. The molecule has 0 aliphatic rings. The van der Waals surface area contributed by atoms with E-state index in [1.54, 1.807) is 0 Å². The highest BCUT2D eigenvalue weighted by Gasteiger charge is 2.20. The van der Waals surface area contributed by atoms with Crippen molar-refractivity contribution in [2.75, 3.05) is 17.2 Å². The molecule has 0 aliphatic heterocycles. The zero-order chi connectivity index (χ0) is 22.5. The van der Waals surface area contributed by atoms with Gasteiger partial charge in [-0.3, -0.25) is 0 Å². The third kappa shape index (κ3) is 5.03. The lowest BCUT2D eigenvalue weighted by Gasteiger charge is -2.20. The summed E-state index contributed by atoms with van der Waals surface area (Å²) in [6.45, 7) is 0. The lowest BCUT2D eigenvalue weighted by molar-refractivity contribution is 0.463. The summed E-state index contributed by atoms with van der Waals surface area (Å²) in [6, 6.07) is 29.4. The van der Waals surface area contributed by atoms with E-state index in [9.17, 15) is 5.11 Å². The van der Waals surface area contributed by atoms with Crippen LogP contribution in [0.5, 0.6) is 5.75 Å². The monoisotopic (exact) mass is 422 g/mol. The van der Waals surface area contributed by atoms with Crippen LogP contribution in [-0.2, 0) is 19.3 Å². The molecule has 7 N–H and O–H groups in total. The molecular weight excluding hydrogens is 394 g/mol. The van der Waals surface area contributed by atoms with E-state index in [0.717, 1.165) is 50.8 Å². The molecule has 0 aliphatic carbocycles. The molecule has 0 bridgehead atoms. The van der Waals surface area contributed by atoms with E-state index in [0.29, 0.717) is 25.0 Å². The first kappa shape index (κ1) is 21.3. The number of hydrogen-bond acceptors (Lipinski definition) is 4. The summed E-state index contributed by atoms with van der Waals surface area (Å²) in [4.78, 5) is 0. The molecule has 4 heteroatoms. The number of phenols is 1. The van der Waals surface area contributed by atoms with Crippen LogP contribution < -0.4 is 17.2 Å². The number of para-hydroxylation sites is 2. The van der Waals surface area contributed by atoms with Gasteiger partial charge in [0.1, 0.15) is 5.75 Å². The normalized spacial score (nSPS) is 11.0. The molecule has 0 heterocycles. The zero-order valence-corrected chi connectivity index (χ0v) is 18.0. The highest BCUT2D eigenvalue weighted by Crippen LogP contribution is 2.35. The first-order valence-corrected chi connectivity index (χ1v) is 10.7. The third-order valence-corrected chi connectivity index (χ3v) is 5.70. The van der Waals surface area contributed by atoms with Gasteiger partial charge in [0.25, 0.3) is 0 Å². The fraction of sp³-hybridized carbons (Fsp3) is 0.107. The number of phenolic OH excluding ortho intramolecular Hbond substituents is 1. The van der Waals surface area contributed by atoms with Gasteiger partial charge in [-0.25, -0.2) is 0 Å². The fourth-order valence-electron chi connectivity index (χ4n) is 4.00. The van der Waals surface area contributed by atoms with Crippen LogP contribution >= 0.6 is 0 Å². The molecule has 161 valence electrons. The Morgan fingerprint density at radius 1 is 0.625 bits per heavy atom. The molecule has 0 saturated carbocycles. The van der Waals surface area contributed by atoms with Crippen LogP contribution in [0, 0.1) is 5.92 Å². The van der Waals surface area contributed by atoms with Gasteiger partial charge >= 0.3 is 0 Å². The van der Waals surface area contributed by atoms with Gasteiger partial charge < -0.3 is 22.3 Å². The van der Waals surface area contributed by atoms with Crippen molar-refractivity contribution in [2.45, 2.75) is 19.3 Å². The molecule has 0 unspecified atom stereocenters. The summed E-state index contributed by atoms with van der Waals surface area (Å²) in [5.74, 6) is 1.41. The van der Waals surface area contributed by atoms with E-state index in [2.05, 4.69) is 6.07 Å². The maximum Gasteiger partial charge on any atom is 0.122 e. The van der Waals surface area contributed by atoms with Crippen LogP contribution in [0.2, 0.25) is 0 Å². The van der Waals surface area contributed by atoms with Crippen molar-refractivity contribution in [3.05, 3.63) is 125 Å². The van der Waals surface area contributed by atoms with Gasteiger partial charge in [-0.05, 0) is 65.4 Å². The Morgan fingerprint density at radius 3 is 2.06 bits per heavy atom. The van der Waals surface area contributed by atoms with Crippen LogP contribution in [0.25, 0.3) is 0 Å². The van der Waals surface area contributed by atoms with Crippen molar-refractivity contribution >= 4 is 17.1 Å². The highest BCUT2D eigenvalue weighted by molar-refractivity contribution is 5.55. The topological polar surface area (TPSA) is 98.3 Å². The molecule has 0 atom stereocenters. The van der Waals surface area contributed by atoms with Crippen molar-refractivity contribution in [1.82, 2.24) is 0 Å². The Bertz CT molecular complexity index is 1200. The number of benzene rings is 4. The van der Waals surface area contributed by atoms with Crippen LogP contribution in [0.1, 0.15) is 27.8 Å². The number of nitrogens with two attached hydrogens (primary N) is 3. The molecule has 32 heavy (non-hydrogen) atoms. The van der Waals surface area contributed by atoms with Crippen molar-refractivity contribution in [1.29, 1.82) is 0 Å². The number of hydrogen-bond donors (Lipinski definition) is 4. The largest absolute Gasteiger partial charge is 0.507 e. The van der Waals surface area contributed by atoms with Gasteiger partial charge in [0.05, 0.1) is 0 Å². The van der Waals surface area contributed by atoms with Crippen molar-refractivity contribution in [3.8, 4) is 5.75 Å². The summed E-state index contributed by atoms with van der Waals surface area (Å²) in [5, 5.41) is 11.3. The lowest BCUT2D eigenvalue weighted by atomic mass is 9.84. The van der Waals surface area contributed by atoms with Gasteiger partial charge in [0, 0.05) is 35.0 Å². The molecule has 0 amide bonds. The van der Waals surface area contributed by atoms with Gasteiger partial charge in [-0.2, -0.15) is 0 Å². The molecule has 0 fully saturated rings. The van der Waals surface area contributed by atoms with Crippen molar-refractivity contribution < 1.29 is 5.11 Å². The molecule has 4 nitrogen and oxygen atoms in total. The second-order valence-electron chi connectivity index (χ2n) is 8.13. The zero-order valence-electron chi connectivity index (χ0n) is 18.0. The van der Waals surface area contributed by atoms with Crippen molar-refractivity contribution in [3.63, 3.8) is 0 Å². The van der Waals surface area contributed by atoms with E-state index >= 15 is 0 Å². The smallest absolute Gasteiger partial charge is 0.122 e. The van der Waals surface area contributed by atoms with Gasteiger partial charge in [0.2, 0.25) is 0 Å². The lowest BCUT2D eigenvalue weighted by Crippen LogP contribution is -2.10. The Hall–Kier alpha value is -3.92. The van der Waals surface area contributed by atoms with Gasteiger partial charge in [-0.1, -0.05) is 60.7 Å². The van der Waals surface area contributed by atoms with Crippen LogP contribution in [0.15, 0.2) is 91.0 Å². The Morgan fingerprint density at radius 2 is 1.31 bits per heavy atom. The summed E-state index contributed by atoms with van der Waals surface area (Å²) in [7, 11) is 0. The number of aromatic hydroxyl groups is 1. The minimum atomic E-state index is 0.296. The maximum absolute atomic E-state index is 11.3. The molecule has 4 rings (SSSR count). The minimum absolute atomic E-state index is 0.296. The van der Waals surface area contributed by atoms with Crippen LogP contribution in [-0.4, -0.2) is 5.11 Å². The second kappa shape index (κ2) is 9.48. The van der Waals surface area contributed by atoms with E-state index in [1.165, 1.54) is 0 Å². The predicted molar refractivity (Wildman–Crippen MR) is 133 cm³/mol. The molecular formula is C28H28N3O. The first-order chi connectivity index (χ1) is 15.5. The van der Waals surface area contributed by atoms with Gasteiger partial charge in [0.15, 0.2) is 0 Å². The van der Waals surface area contributed by atoms with Crippen LogP contribution in [0.4, 0.5) is 17.1 Å². The number of nitrogen functional groups attached to an aromatic ring is 3. The SMILES string of the molecule is Nc1ccc(C[C](Cc2cccc(N)c2)c2cccc(Cc3ccccc3N)c2O)cc1. The first-order valence-electron chi connectivity index (χ1n) is 10.7. The fourth-order valence-corrected chi connectivity index (χ4v) is 4.00. The molecule has 0 saturated heterocycles. The summed E-state index contributed by atoms with van der Waals surface area (Å²) in [5.41, 5.74) is 25.1. The molecule has 4 aromatic rings. The Balaban J connectivity index is 1.69. The number of anilines is 3. The van der Waals surface area contributed by atoms with E-state index < -0.39 is 0 Å². The van der Waals surface area contributed by atoms with E-state index in [-0.39, 0.29) is 0 Å². The van der Waals surface area contributed by atoms with Crippen molar-refractivity contribution in [2.24, 2.45) is 0 Å².